The van der Waals surface area contributed by atoms with Crippen molar-refractivity contribution in [2.24, 2.45) is 0 Å². The first-order chi connectivity index (χ1) is 6.99. The first-order valence-corrected chi connectivity index (χ1v) is 7.81. The zero-order chi connectivity index (χ0) is 11.3. The molecule has 1 aromatic rings. The Labute approximate surface area is 123 Å². The third-order valence-corrected chi connectivity index (χ3v) is 4.62. The molecule has 0 bridgehead atoms. The second-order valence-electron chi connectivity index (χ2n) is 3.36. The molecule has 0 N–H and O–H groups in total. The van der Waals surface area contributed by atoms with E-state index in [0.29, 0.717) is 5.75 Å². The van der Waals surface area contributed by atoms with Gasteiger partial charge in [0, 0.05) is 5.75 Å². The molecule has 0 amide bonds. The van der Waals surface area contributed by atoms with Crippen LogP contribution in [0.3, 0.4) is 0 Å². The minimum Gasteiger partial charge on any atom is -0.770 e. The molecule has 6 heteroatoms. The van der Waals surface area contributed by atoms with Crippen molar-refractivity contribution in [1.29, 1.82) is 0 Å². The number of rotatable bonds is 5. The van der Waals surface area contributed by atoms with Gasteiger partial charge in [0.25, 0.3) is 0 Å². The Morgan fingerprint density at radius 2 is 1.94 bits per heavy atom. The summed E-state index contributed by atoms with van der Waals surface area (Å²) in [5, 5.41) is 0. The SMILES string of the molecule is CC(C)OP(=O)([O-])SCc1ccccc1.[Na+]. The van der Waals surface area contributed by atoms with Gasteiger partial charge in [-0.1, -0.05) is 41.7 Å². The Balaban J connectivity index is 0.00000225. The average molecular weight is 268 g/mol. The Bertz CT molecular complexity index is 345. The van der Waals surface area contributed by atoms with Crippen molar-refractivity contribution < 1.29 is 43.5 Å². The molecule has 3 nitrogen and oxygen atoms in total. The normalized spacial score (nSPS) is 14.2. The maximum Gasteiger partial charge on any atom is 1.00 e. The van der Waals surface area contributed by atoms with Crippen LogP contribution < -0.4 is 34.5 Å². The number of hydrogen-bond donors (Lipinski definition) is 0. The molecule has 0 radical (unpaired) electrons. The molecule has 0 aromatic heterocycles. The van der Waals surface area contributed by atoms with Crippen molar-refractivity contribution in [3.8, 4) is 0 Å². The van der Waals surface area contributed by atoms with E-state index in [1.54, 1.807) is 13.8 Å². The van der Waals surface area contributed by atoms with E-state index in [4.69, 9.17) is 4.52 Å². The average Bonchev–Trinajstić information content (AvgIpc) is 2.15. The Hall–Kier alpha value is 0.720. The van der Waals surface area contributed by atoms with Crippen molar-refractivity contribution in [1.82, 2.24) is 0 Å². The van der Waals surface area contributed by atoms with Crippen LogP contribution in [0.1, 0.15) is 19.4 Å². The number of benzene rings is 1. The minimum atomic E-state index is -3.75. The quantitative estimate of drug-likeness (QED) is 0.549. The zero-order valence-corrected chi connectivity index (χ0v) is 13.5. The summed E-state index contributed by atoms with van der Waals surface area (Å²) >= 11 is 0.838. The molecule has 0 saturated carbocycles. The van der Waals surface area contributed by atoms with Gasteiger partial charge in [0.2, 0.25) is 0 Å². The van der Waals surface area contributed by atoms with Crippen molar-refractivity contribution in [2.45, 2.75) is 25.7 Å². The predicted molar refractivity (Wildman–Crippen MR) is 61.6 cm³/mol. The minimum absolute atomic E-state index is 0. The van der Waals surface area contributed by atoms with Crippen LogP contribution in [0.5, 0.6) is 0 Å². The van der Waals surface area contributed by atoms with Crippen molar-refractivity contribution in [2.75, 3.05) is 0 Å². The summed E-state index contributed by atoms with van der Waals surface area (Å²) < 4.78 is 16.2. The van der Waals surface area contributed by atoms with Gasteiger partial charge in [-0.2, -0.15) is 0 Å². The van der Waals surface area contributed by atoms with E-state index in [0.717, 1.165) is 16.9 Å². The first-order valence-electron chi connectivity index (χ1n) is 4.67. The number of hydrogen-bond acceptors (Lipinski definition) is 4. The van der Waals surface area contributed by atoms with E-state index in [1.165, 1.54) is 0 Å². The second-order valence-corrected chi connectivity index (χ2v) is 7.13. The van der Waals surface area contributed by atoms with Crippen LogP contribution in [-0.2, 0) is 14.8 Å². The monoisotopic (exact) mass is 268 g/mol. The molecule has 16 heavy (non-hydrogen) atoms. The Morgan fingerprint density at radius 1 is 1.38 bits per heavy atom. The molecule has 1 atom stereocenters. The van der Waals surface area contributed by atoms with Gasteiger partial charge in [0.15, 0.2) is 6.80 Å². The Morgan fingerprint density at radius 3 is 2.44 bits per heavy atom. The van der Waals surface area contributed by atoms with Crippen LogP contribution in [0, 0.1) is 0 Å². The largest absolute Gasteiger partial charge is 1.00 e. The van der Waals surface area contributed by atoms with Gasteiger partial charge in [-0.3, -0.25) is 4.57 Å². The Kier molecular flexibility index (Phi) is 8.29. The predicted octanol–water partition coefficient (Wildman–Crippen LogP) is -0.183. The van der Waals surface area contributed by atoms with Crippen molar-refractivity contribution >= 4 is 18.2 Å². The van der Waals surface area contributed by atoms with Gasteiger partial charge in [0.05, 0.1) is 6.10 Å². The molecular formula is C10H14NaO3PS. The van der Waals surface area contributed by atoms with Crippen LogP contribution in [0.2, 0.25) is 0 Å². The van der Waals surface area contributed by atoms with Crippen LogP contribution in [-0.4, -0.2) is 6.10 Å². The van der Waals surface area contributed by atoms with E-state index in [1.807, 2.05) is 30.3 Å². The maximum atomic E-state index is 11.4. The van der Waals surface area contributed by atoms with E-state index in [-0.39, 0.29) is 35.7 Å². The molecule has 0 aliphatic heterocycles. The fraction of sp³-hybridized carbons (Fsp3) is 0.400. The zero-order valence-electron chi connectivity index (χ0n) is 9.75. The van der Waals surface area contributed by atoms with Crippen LogP contribution in [0.4, 0.5) is 0 Å². The van der Waals surface area contributed by atoms with Crippen molar-refractivity contribution in [3.05, 3.63) is 35.9 Å². The first kappa shape index (κ1) is 16.7. The van der Waals surface area contributed by atoms with E-state index in [2.05, 4.69) is 0 Å². The smallest absolute Gasteiger partial charge is 0.770 e. The van der Waals surface area contributed by atoms with E-state index < -0.39 is 6.80 Å². The molecule has 1 aromatic carbocycles. The van der Waals surface area contributed by atoms with E-state index in [9.17, 15) is 9.46 Å². The van der Waals surface area contributed by atoms with Gasteiger partial charge in [0.1, 0.15) is 0 Å². The standard InChI is InChI=1S/C10H15O3PS.Na/c1-9(2)13-14(11,12)15-8-10-6-4-3-5-7-10;/h3-7,9H,8H2,1-2H3,(H,11,12);/q;+1/p-1. The molecule has 1 rings (SSSR count). The van der Waals surface area contributed by atoms with Crippen LogP contribution in [0.25, 0.3) is 0 Å². The molecule has 0 fully saturated rings. The molecule has 0 aliphatic carbocycles. The third-order valence-electron chi connectivity index (χ3n) is 1.57. The summed E-state index contributed by atoms with van der Waals surface area (Å²) in [5.41, 5.74) is 0.978. The summed E-state index contributed by atoms with van der Waals surface area (Å²) in [4.78, 5) is 11.4. The second kappa shape index (κ2) is 7.93. The summed E-state index contributed by atoms with van der Waals surface area (Å²) in [6, 6.07) is 9.45. The topological polar surface area (TPSA) is 49.4 Å². The van der Waals surface area contributed by atoms with Gasteiger partial charge in [-0.15, -0.1) is 0 Å². The molecule has 0 saturated heterocycles. The van der Waals surface area contributed by atoms with Gasteiger partial charge in [-0.25, -0.2) is 0 Å². The van der Waals surface area contributed by atoms with E-state index >= 15 is 0 Å². The summed E-state index contributed by atoms with van der Waals surface area (Å²) in [6.07, 6.45) is -0.295. The van der Waals surface area contributed by atoms with Gasteiger partial charge in [-0.05, 0) is 19.4 Å². The summed E-state index contributed by atoms with van der Waals surface area (Å²) in [6.45, 7) is -0.343. The fourth-order valence-electron chi connectivity index (χ4n) is 1.02. The van der Waals surface area contributed by atoms with Gasteiger partial charge < -0.3 is 9.42 Å². The molecule has 0 spiro atoms. The summed E-state index contributed by atoms with van der Waals surface area (Å²) in [5.74, 6) is 0.425. The van der Waals surface area contributed by atoms with Crippen molar-refractivity contribution in [3.63, 3.8) is 0 Å². The molecule has 0 heterocycles. The van der Waals surface area contributed by atoms with Gasteiger partial charge >= 0.3 is 29.6 Å². The third kappa shape index (κ3) is 7.13. The van der Waals surface area contributed by atoms with Crippen LogP contribution >= 0.6 is 18.2 Å². The molecule has 1 unspecified atom stereocenters. The summed E-state index contributed by atoms with van der Waals surface area (Å²) in [7, 11) is 0. The fourth-order valence-corrected chi connectivity index (χ4v) is 3.71. The molecule has 0 aliphatic rings. The molecule has 84 valence electrons. The molecular weight excluding hydrogens is 254 g/mol. The maximum absolute atomic E-state index is 11.4. The van der Waals surface area contributed by atoms with Crippen LogP contribution in [0.15, 0.2) is 30.3 Å².